The summed E-state index contributed by atoms with van der Waals surface area (Å²) in [6.45, 7) is 18.0. The number of hydroxylamine groups is 4. The molecular weight excluding hydrogens is 472 g/mol. The van der Waals surface area contributed by atoms with Crippen molar-refractivity contribution in [2.75, 3.05) is 19.7 Å². The molecule has 0 radical (unpaired) electrons. The van der Waals surface area contributed by atoms with Crippen molar-refractivity contribution in [2.24, 2.45) is 10.8 Å². The van der Waals surface area contributed by atoms with Crippen LogP contribution in [0.4, 0.5) is 0 Å². The van der Waals surface area contributed by atoms with Gasteiger partial charge >= 0.3 is 0 Å². The first-order chi connectivity index (χ1) is 15.7. The molecule has 2 aliphatic heterocycles. The number of piperidine rings is 2. The molecule has 2 atom stereocenters. The van der Waals surface area contributed by atoms with Gasteiger partial charge in [0.25, 0.3) is 11.8 Å². The highest BCUT2D eigenvalue weighted by Crippen LogP contribution is 2.42. The van der Waals surface area contributed by atoms with Crippen LogP contribution in [0, 0.1) is 10.8 Å². The molecular formula is C25H43ClN2O5Si. The number of carbonyl (C=O) groups excluding carboxylic acids is 2. The van der Waals surface area contributed by atoms with Gasteiger partial charge < -0.3 is 9.26 Å². The third-order valence-electron chi connectivity index (χ3n) is 7.80. The Bertz CT molecular complexity index is 797. The summed E-state index contributed by atoms with van der Waals surface area (Å²) in [4.78, 5) is 31.6. The molecule has 0 aromatic heterocycles. The number of hydrogen-bond donors (Lipinski definition) is 1. The Morgan fingerprint density at radius 2 is 1.85 bits per heavy atom. The van der Waals surface area contributed by atoms with E-state index >= 15 is 0 Å². The van der Waals surface area contributed by atoms with E-state index in [0.29, 0.717) is 50.4 Å². The Morgan fingerprint density at radius 1 is 1.21 bits per heavy atom. The first-order valence-electron chi connectivity index (χ1n) is 12.3. The minimum atomic E-state index is -1.91. The number of nitrogens with zero attached hydrogens (tertiary/aromatic N) is 2. The van der Waals surface area contributed by atoms with Crippen LogP contribution < -0.4 is 0 Å². The van der Waals surface area contributed by atoms with E-state index in [1.54, 1.807) is 13.0 Å². The van der Waals surface area contributed by atoms with E-state index in [0.717, 1.165) is 17.9 Å². The summed E-state index contributed by atoms with van der Waals surface area (Å²) < 4.78 is 6.37. The van der Waals surface area contributed by atoms with E-state index in [2.05, 4.69) is 40.4 Å². The zero-order valence-electron chi connectivity index (χ0n) is 21.8. The topological polar surface area (TPSA) is 79.3 Å². The average Bonchev–Trinajstić information content (AvgIpc) is 2.72. The lowest BCUT2D eigenvalue weighted by molar-refractivity contribution is -0.189. The molecule has 0 aromatic carbocycles. The molecule has 0 aromatic rings. The van der Waals surface area contributed by atoms with Crippen molar-refractivity contribution < 1.29 is 24.1 Å². The molecule has 0 spiro atoms. The van der Waals surface area contributed by atoms with Gasteiger partial charge in [0, 0.05) is 19.6 Å². The summed E-state index contributed by atoms with van der Waals surface area (Å²) >= 11 is 6.41. The monoisotopic (exact) mass is 514 g/mol. The fraction of sp³-hybridized carbons (Fsp3) is 0.760. The summed E-state index contributed by atoms with van der Waals surface area (Å²) in [6, 6.07) is 0. The van der Waals surface area contributed by atoms with Crippen molar-refractivity contribution in [1.82, 2.24) is 10.1 Å². The van der Waals surface area contributed by atoms with Crippen LogP contribution in [0.5, 0.6) is 0 Å². The Balaban J connectivity index is 2.05. The third-order valence-corrected chi connectivity index (χ3v) is 12.6. The molecule has 0 aliphatic carbocycles. The van der Waals surface area contributed by atoms with Crippen molar-refractivity contribution >= 4 is 31.7 Å². The number of halogens is 1. The van der Waals surface area contributed by atoms with Crippen molar-refractivity contribution in [2.45, 2.75) is 90.8 Å². The third kappa shape index (κ3) is 6.65. The lowest BCUT2D eigenvalue weighted by atomic mass is 9.74. The van der Waals surface area contributed by atoms with Crippen LogP contribution in [-0.4, -0.2) is 55.2 Å². The molecule has 2 fully saturated rings. The number of hydrogen-bond acceptors (Lipinski definition) is 5. The van der Waals surface area contributed by atoms with Crippen LogP contribution in [0.2, 0.25) is 18.1 Å². The largest absolute Gasteiger partial charge is 0.417 e. The molecule has 0 saturated carbocycles. The Labute approximate surface area is 211 Å². The highest BCUT2D eigenvalue weighted by molar-refractivity contribution is 6.74. The number of amides is 2. The quantitative estimate of drug-likeness (QED) is 0.167. The normalized spacial score (nSPS) is 27.2. The standard InChI is InChI=1S/C25H43ClN2O5Si/c1-8-11-25(14-17-33-34(6,7)23(2,3)4)13-10-16-28(22(25)30)32-19-20(26)18-24(5)12-9-15-27(31)21(24)29/h8,19,31H,1,9-18H2,2-7H3/b20-19-/t24-,25+/m0/s1. The predicted octanol–water partition coefficient (Wildman–Crippen LogP) is 6.00. The molecule has 194 valence electrons. The van der Waals surface area contributed by atoms with Gasteiger partial charge in [-0.2, -0.15) is 5.06 Å². The molecule has 2 heterocycles. The van der Waals surface area contributed by atoms with E-state index in [-0.39, 0.29) is 23.3 Å². The molecule has 7 nitrogen and oxygen atoms in total. The smallest absolute Gasteiger partial charge is 0.261 e. The van der Waals surface area contributed by atoms with Gasteiger partial charge in [0.1, 0.15) is 6.26 Å². The fourth-order valence-electron chi connectivity index (χ4n) is 4.49. The van der Waals surface area contributed by atoms with E-state index in [1.807, 2.05) is 0 Å². The molecule has 1 N–H and O–H groups in total. The minimum absolute atomic E-state index is 0.0836. The Morgan fingerprint density at radius 3 is 2.47 bits per heavy atom. The molecule has 0 unspecified atom stereocenters. The maximum absolute atomic E-state index is 13.5. The molecule has 2 amide bonds. The van der Waals surface area contributed by atoms with Crippen LogP contribution in [0.3, 0.4) is 0 Å². The summed E-state index contributed by atoms with van der Waals surface area (Å²) in [6.07, 6.45) is 7.46. The van der Waals surface area contributed by atoms with Crippen LogP contribution in [-0.2, 0) is 18.9 Å². The molecule has 2 rings (SSSR count). The van der Waals surface area contributed by atoms with E-state index in [1.165, 1.54) is 11.3 Å². The first-order valence-corrected chi connectivity index (χ1v) is 15.6. The van der Waals surface area contributed by atoms with Gasteiger partial charge in [-0.25, -0.2) is 5.06 Å². The second-order valence-corrected chi connectivity index (χ2v) is 16.9. The van der Waals surface area contributed by atoms with Crippen molar-refractivity contribution in [1.29, 1.82) is 0 Å². The summed E-state index contributed by atoms with van der Waals surface area (Å²) in [5.41, 5.74) is -1.39. The van der Waals surface area contributed by atoms with E-state index in [9.17, 15) is 14.8 Å². The molecule has 2 aliphatic rings. The Kier molecular flexibility index (Phi) is 9.47. The minimum Gasteiger partial charge on any atom is -0.417 e. The lowest BCUT2D eigenvalue weighted by Gasteiger charge is -2.41. The van der Waals surface area contributed by atoms with E-state index < -0.39 is 19.1 Å². The number of rotatable bonds is 10. The van der Waals surface area contributed by atoms with Gasteiger partial charge in [0.15, 0.2) is 8.32 Å². The molecule has 2 saturated heterocycles. The van der Waals surface area contributed by atoms with Crippen molar-refractivity contribution in [3.05, 3.63) is 23.9 Å². The highest BCUT2D eigenvalue weighted by Gasteiger charge is 2.45. The summed E-state index contributed by atoms with van der Waals surface area (Å²) in [5.74, 6) is -0.425. The van der Waals surface area contributed by atoms with Crippen LogP contribution in [0.15, 0.2) is 23.9 Å². The number of allylic oxidation sites excluding steroid dienone is 2. The lowest BCUT2D eigenvalue weighted by Crippen LogP contribution is -2.49. The number of carbonyl (C=O) groups is 2. The highest BCUT2D eigenvalue weighted by atomic mass is 35.5. The van der Waals surface area contributed by atoms with Crippen molar-refractivity contribution in [3.63, 3.8) is 0 Å². The van der Waals surface area contributed by atoms with Gasteiger partial charge in [0.2, 0.25) is 0 Å². The Hall–Kier alpha value is -1.35. The maximum Gasteiger partial charge on any atom is 0.261 e. The van der Waals surface area contributed by atoms with Gasteiger partial charge in [-0.3, -0.25) is 14.8 Å². The van der Waals surface area contributed by atoms with Gasteiger partial charge in [0.05, 0.1) is 22.4 Å². The first kappa shape index (κ1) is 28.9. The maximum atomic E-state index is 13.5. The van der Waals surface area contributed by atoms with Crippen LogP contribution >= 0.6 is 11.6 Å². The summed E-state index contributed by atoms with van der Waals surface area (Å²) in [5, 5.41) is 12.4. The molecule has 9 heteroatoms. The summed E-state index contributed by atoms with van der Waals surface area (Å²) in [7, 11) is -1.91. The SMILES string of the molecule is C=CC[C@]1(CCO[Si](C)(C)C(C)(C)C)CCCN(O/C=C(\Cl)C[C@]2(C)CCCN(O)C2=O)C1=O. The van der Waals surface area contributed by atoms with Crippen LogP contribution in [0.25, 0.3) is 0 Å². The zero-order valence-corrected chi connectivity index (χ0v) is 23.5. The van der Waals surface area contributed by atoms with Gasteiger partial charge in [-0.05, 0) is 56.7 Å². The van der Waals surface area contributed by atoms with Crippen LogP contribution in [0.1, 0.15) is 72.6 Å². The second-order valence-electron chi connectivity index (χ2n) is 11.6. The zero-order chi connectivity index (χ0) is 25.8. The molecule has 0 bridgehead atoms. The fourth-order valence-corrected chi connectivity index (χ4v) is 5.87. The predicted molar refractivity (Wildman–Crippen MR) is 136 cm³/mol. The van der Waals surface area contributed by atoms with Crippen molar-refractivity contribution in [3.8, 4) is 0 Å². The average molecular weight is 515 g/mol. The molecule has 34 heavy (non-hydrogen) atoms. The second kappa shape index (κ2) is 11.1. The van der Waals surface area contributed by atoms with Gasteiger partial charge in [-0.15, -0.1) is 6.58 Å². The van der Waals surface area contributed by atoms with Gasteiger partial charge in [-0.1, -0.05) is 45.4 Å². The van der Waals surface area contributed by atoms with E-state index in [4.69, 9.17) is 20.9 Å².